The van der Waals surface area contributed by atoms with Crippen LogP contribution < -0.4 is 5.32 Å². The predicted octanol–water partition coefficient (Wildman–Crippen LogP) is 3.13. The molecule has 5 heteroatoms. The second-order valence-corrected chi connectivity index (χ2v) is 4.39. The van der Waals surface area contributed by atoms with E-state index in [0.717, 1.165) is 5.56 Å². The molecule has 20 heavy (non-hydrogen) atoms. The van der Waals surface area contributed by atoms with Crippen LogP contribution in [0.25, 0.3) is 0 Å². The summed E-state index contributed by atoms with van der Waals surface area (Å²) in [5.41, 5.74) is 1.48. The molecule has 0 saturated carbocycles. The number of hydrogen-bond donors (Lipinski definition) is 2. The largest absolute Gasteiger partial charge is 0.396 e. The van der Waals surface area contributed by atoms with Gasteiger partial charge in [-0.15, -0.1) is 0 Å². The van der Waals surface area contributed by atoms with Gasteiger partial charge in [0.05, 0.1) is 11.0 Å². The number of nitro groups is 1. The lowest BCUT2D eigenvalue weighted by Gasteiger charge is -2.19. The van der Waals surface area contributed by atoms with E-state index in [4.69, 9.17) is 0 Å². The van der Waals surface area contributed by atoms with Crippen molar-refractivity contribution in [2.24, 2.45) is 0 Å². The molecule has 0 heterocycles. The summed E-state index contributed by atoms with van der Waals surface area (Å²) >= 11 is 0. The van der Waals surface area contributed by atoms with Crippen molar-refractivity contribution < 1.29 is 10.0 Å². The molecule has 0 aromatic heterocycles. The van der Waals surface area contributed by atoms with E-state index >= 15 is 0 Å². The highest BCUT2D eigenvalue weighted by molar-refractivity contribution is 5.62. The second kappa shape index (κ2) is 6.68. The smallest absolute Gasteiger partial charge is 0.292 e. The van der Waals surface area contributed by atoms with Crippen molar-refractivity contribution >= 4 is 11.4 Å². The normalized spacial score (nSPS) is 11.8. The van der Waals surface area contributed by atoms with Crippen LogP contribution in [0.5, 0.6) is 0 Å². The zero-order valence-electron chi connectivity index (χ0n) is 10.9. The maximum Gasteiger partial charge on any atom is 0.292 e. The Balaban J connectivity index is 2.27. The summed E-state index contributed by atoms with van der Waals surface area (Å²) < 4.78 is 0. The first kappa shape index (κ1) is 14.0. The number of nitrogens with zero attached hydrogens (tertiary/aromatic N) is 1. The first-order valence-electron chi connectivity index (χ1n) is 6.38. The van der Waals surface area contributed by atoms with E-state index in [1.165, 1.54) is 6.07 Å². The first-order valence-corrected chi connectivity index (χ1v) is 6.38. The number of benzene rings is 2. The van der Waals surface area contributed by atoms with Gasteiger partial charge in [-0.1, -0.05) is 42.5 Å². The van der Waals surface area contributed by atoms with E-state index in [9.17, 15) is 15.2 Å². The van der Waals surface area contributed by atoms with Crippen molar-refractivity contribution in [1.82, 2.24) is 0 Å². The van der Waals surface area contributed by atoms with Crippen LogP contribution in [-0.2, 0) is 0 Å². The van der Waals surface area contributed by atoms with Gasteiger partial charge in [0.1, 0.15) is 5.69 Å². The van der Waals surface area contributed by atoms with Gasteiger partial charge in [-0.25, -0.2) is 0 Å². The summed E-state index contributed by atoms with van der Waals surface area (Å²) in [7, 11) is 0. The fourth-order valence-corrected chi connectivity index (χ4v) is 2.08. The number of nitrogens with one attached hydrogen (secondary N) is 1. The Hall–Kier alpha value is -2.40. The fourth-order valence-electron chi connectivity index (χ4n) is 2.08. The number of nitro benzene ring substituents is 1. The van der Waals surface area contributed by atoms with Crippen molar-refractivity contribution in [3.63, 3.8) is 0 Å². The van der Waals surface area contributed by atoms with Gasteiger partial charge in [0, 0.05) is 12.7 Å². The van der Waals surface area contributed by atoms with Crippen LogP contribution in [0.15, 0.2) is 54.6 Å². The Kier molecular flexibility index (Phi) is 4.68. The Morgan fingerprint density at radius 3 is 2.40 bits per heavy atom. The third-order valence-corrected chi connectivity index (χ3v) is 3.05. The minimum absolute atomic E-state index is 0.00714. The van der Waals surface area contributed by atoms with Gasteiger partial charge in [-0.05, 0) is 18.1 Å². The molecule has 0 amide bonds. The van der Waals surface area contributed by atoms with E-state index in [1.54, 1.807) is 18.2 Å². The summed E-state index contributed by atoms with van der Waals surface area (Å²) in [5, 5.41) is 23.3. The lowest BCUT2D eigenvalue weighted by Crippen LogP contribution is -2.13. The molecule has 2 N–H and O–H groups in total. The molecule has 104 valence electrons. The molecule has 0 bridgehead atoms. The Morgan fingerprint density at radius 1 is 1.10 bits per heavy atom. The van der Waals surface area contributed by atoms with E-state index in [-0.39, 0.29) is 18.3 Å². The standard InChI is InChI=1S/C15H16N2O3/c18-11-10-13(12-6-2-1-3-7-12)16-14-8-4-5-9-15(14)17(19)20/h1-9,13,16,18H,10-11H2/t13-/m0/s1. The van der Waals surface area contributed by atoms with Crippen molar-refractivity contribution in [2.45, 2.75) is 12.5 Å². The summed E-state index contributed by atoms with van der Waals surface area (Å²) in [5.74, 6) is 0. The minimum atomic E-state index is -0.413. The number of para-hydroxylation sites is 2. The molecular weight excluding hydrogens is 256 g/mol. The summed E-state index contributed by atoms with van der Waals surface area (Å²) in [4.78, 5) is 10.6. The van der Waals surface area contributed by atoms with Crippen LogP contribution in [0, 0.1) is 10.1 Å². The van der Waals surface area contributed by atoms with Gasteiger partial charge < -0.3 is 10.4 Å². The van der Waals surface area contributed by atoms with E-state index in [0.29, 0.717) is 12.1 Å². The third kappa shape index (κ3) is 3.33. The first-order chi connectivity index (χ1) is 9.72. The van der Waals surface area contributed by atoms with E-state index in [1.807, 2.05) is 30.3 Å². The molecule has 0 spiro atoms. The Morgan fingerprint density at radius 2 is 1.75 bits per heavy atom. The summed E-state index contributed by atoms with van der Waals surface area (Å²) in [6.45, 7) is 0.00714. The molecule has 2 aromatic carbocycles. The maximum absolute atomic E-state index is 11.0. The van der Waals surface area contributed by atoms with Crippen LogP contribution in [0.3, 0.4) is 0 Å². The highest BCUT2D eigenvalue weighted by atomic mass is 16.6. The van der Waals surface area contributed by atoms with Crippen LogP contribution >= 0.6 is 0 Å². The summed E-state index contributed by atoms with van der Waals surface area (Å²) in [6, 6.07) is 15.9. The van der Waals surface area contributed by atoms with Crippen molar-refractivity contribution in [2.75, 3.05) is 11.9 Å². The Bertz CT molecular complexity index is 572. The van der Waals surface area contributed by atoms with Gasteiger partial charge in [-0.2, -0.15) is 0 Å². The maximum atomic E-state index is 11.0. The highest BCUT2D eigenvalue weighted by Crippen LogP contribution is 2.29. The predicted molar refractivity (Wildman–Crippen MR) is 77.6 cm³/mol. The second-order valence-electron chi connectivity index (χ2n) is 4.39. The average Bonchev–Trinajstić information content (AvgIpc) is 2.48. The van der Waals surface area contributed by atoms with Crippen LogP contribution in [-0.4, -0.2) is 16.6 Å². The molecule has 2 rings (SSSR count). The molecule has 0 radical (unpaired) electrons. The third-order valence-electron chi connectivity index (χ3n) is 3.05. The molecule has 0 aliphatic rings. The summed E-state index contributed by atoms with van der Waals surface area (Å²) in [6.07, 6.45) is 0.482. The van der Waals surface area contributed by atoms with Gasteiger partial charge in [0.2, 0.25) is 0 Å². The molecule has 5 nitrogen and oxygen atoms in total. The molecule has 0 aliphatic carbocycles. The number of aliphatic hydroxyl groups excluding tert-OH is 1. The number of rotatable bonds is 6. The van der Waals surface area contributed by atoms with Gasteiger partial charge in [-0.3, -0.25) is 10.1 Å². The lowest BCUT2D eigenvalue weighted by molar-refractivity contribution is -0.384. The highest BCUT2D eigenvalue weighted by Gasteiger charge is 2.17. The topological polar surface area (TPSA) is 75.4 Å². The number of anilines is 1. The van der Waals surface area contributed by atoms with E-state index in [2.05, 4.69) is 5.32 Å². The van der Waals surface area contributed by atoms with Gasteiger partial charge in [0.15, 0.2) is 0 Å². The lowest BCUT2D eigenvalue weighted by atomic mass is 10.0. The molecule has 2 aromatic rings. The quantitative estimate of drug-likeness (QED) is 0.625. The van der Waals surface area contributed by atoms with E-state index < -0.39 is 4.92 Å². The minimum Gasteiger partial charge on any atom is -0.396 e. The number of hydrogen-bond acceptors (Lipinski definition) is 4. The fraction of sp³-hybridized carbons (Fsp3) is 0.200. The molecule has 0 aliphatic heterocycles. The zero-order valence-corrected chi connectivity index (χ0v) is 10.9. The van der Waals surface area contributed by atoms with Crippen molar-refractivity contribution in [3.8, 4) is 0 Å². The number of aliphatic hydroxyl groups is 1. The van der Waals surface area contributed by atoms with Crippen LogP contribution in [0.2, 0.25) is 0 Å². The van der Waals surface area contributed by atoms with Gasteiger partial charge >= 0.3 is 0 Å². The molecule has 1 atom stereocenters. The van der Waals surface area contributed by atoms with Gasteiger partial charge in [0.25, 0.3) is 5.69 Å². The SMILES string of the molecule is O=[N+]([O-])c1ccccc1N[C@@H](CCO)c1ccccc1. The molecule has 0 fully saturated rings. The monoisotopic (exact) mass is 272 g/mol. The molecule has 0 saturated heterocycles. The van der Waals surface area contributed by atoms with Crippen LogP contribution in [0.1, 0.15) is 18.0 Å². The Labute approximate surface area is 117 Å². The zero-order chi connectivity index (χ0) is 14.4. The average molecular weight is 272 g/mol. The van der Waals surface area contributed by atoms with Crippen molar-refractivity contribution in [3.05, 3.63) is 70.3 Å². The van der Waals surface area contributed by atoms with Crippen LogP contribution in [0.4, 0.5) is 11.4 Å². The molecular formula is C15H16N2O3. The molecule has 0 unspecified atom stereocenters. The van der Waals surface area contributed by atoms with Crippen molar-refractivity contribution in [1.29, 1.82) is 0 Å².